The van der Waals surface area contributed by atoms with Crippen molar-refractivity contribution in [3.63, 3.8) is 0 Å². The van der Waals surface area contributed by atoms with Gasteiger partial charge in [0, 0.05) is 17.0 Å². The lowest BCUT2D eigenvalue weighted by Crippen LogP contribution is -2.43. The van der Waals surface area contributed by atoms with Crippen molar-refractivity contribution in [1.82, 2.24) is 10.6 Å². The fraction of sp³-hybridized carbons (Fsp3) is 0.900. The molecule has 0 unspecified atom stereocenters. The first kappa shape index (κ1) is 14.6. The Bertz CT molecular complexity index is 192. The number of hydrogen-bond acceptors (Lipinski definition) is 3. The fourth-order valence-corrected chi connectivity index (χ4v) is 1.66. The monoisotopic (exact) mass is 234 g/mol. The van der Waals surface area contributed by atoms with E-state index in [2.05, 4.69) is 31.4 Å². The van der Waals surface area contributed by atoms with Crippen LogP contribution in [0.1, 0.15) is 27.7 Å². The van der Waals surface area contributed by atoms with E-state index in [4.69, 9.17) is 5.11 Å². The van der Waals surface area contributed by atoms with Crippen molar-refractivity contribution in [2.75, 3.05) is 18.9 Å². The highest BCUT2D eigenvalue weighted by Gasteiger charge is 2.10. The lowest BCUT2D eigenvalue weighted by atomic mass is 10.3. The van der Waals surface area contributed by atoms with Crippen LogP contribution in [0.3, 0.4) is 0 Å². The Hall–Kier alpha value is -0.420. The lowest BCUT2D eigenvalue weighted by molar-refractivity contribution is 0.221. The van der Waals surface area contributed by atoms with Gasteiger partial charge in [-0.1, -0.05) is 20.8 Å². The van der Waals surface area contributed by atoms with Gasteiger partial charge >= 0.3 is 6.03 Å². The van der Waals surface area contributed by atoms with E-state index >= 15 is 0 Å². The zero-order valence-electron chi connectivity index (χ0n) is 9.96. The van der Waals surface area contributed by atoms with E-state index in [1.54, 1.807) is 6.92 Å². The van der Waals surface area contributed by atoms with Crippen LogP contribution < -0.4 is 10.6 Å². The van der Waals surface area contributed by atoms with E-state index in [9.17, 15) is 4.79 Å². The third kappa shape index (κ3) is 9.87. The zero-order valence-corrected chi connectivity index (χ0v) is 10.8. The number of aliphatic hydroxyl groups excluding tert-OH is 1. The normalized spacial score (nSPS) is 13.4. The Balaban J connectivity index is 3.48. The molecule has 0 saturated heterocycles. The summed E-state index contributed by atoms with van der Waals surface area (Å²) in [5, 5.41) is 14.1. The number of carbonyl (C=O) groups excluding carboxylic acids is 1. The molecule has 0 radical (unpaired) electrons. The third-order valence-electron chi connectivity index (χ3n) is 1.57. The van der Waals surface area contributed by atoms with Crippen LogP contribution in [0.25, 0.3) is 0 Å². The van der Waals surface area contributed by atoms with E-state index in [1.165, 1.54) is 0 Å². The number of nitrogens with one attached hydrogen (secondary N) is 2. The van der Waals surface area contributed by atoms with Crippen LogP contribution in [0.5, 0.6) is 0 Å². The zero-order chi connectivity index (χ0) is 11.9. The number of hydrogen-bond donors (Lipinski definition) is 3. The molecule has 4 nitrogen and oxygen atoms in total. The van der Waals surface area contributed by atoms with Gasteiger partial charge in [-0.15, -0.1) is 0 Å². The average Bonchev–Trinajstić information content (AvgIpc) is 2.11. The Morgan fingerprint density at radius 3 is 2.53 bits per heavy atom. The number of thioether (sulfide) groups is 1. The van der Waals surface area contributed by atoms with Crippen molar-refractivity contribution in [2.45, 2.75) is 38.5 Å². The Morgan fingerprint density at radius 1 is 1.47 bits per heavy atom. The average molecular weight is 234 g/mol. The van der Waals surface area contributed by atoms with Gasteiger partial charge in [0.2, 0.25) is 0 Å². The molecule has 0 aromatic heterocycles. The third-order valence-corrected chi connectivity index (χ3v) is 2.85. The fourth-order valence-electron chi connectivity index (χ4n) is 0.842. The van der Waals surface area contributed by atoms with Crippen LogP contribution in [0.2, 0.25) is 0 Å². The topological polar surface area (TPSA) is 61.4 Å². The minimum Gasteiger partial charge on any atom is -0.394 e. The molecule has 1 atom stereocenters. The number of amides is 2. The van der Waals surface area contributed by atoms with Gasteiger partial charge in [-0.3, -0.25) is 0 Å². The van der Waals surface area contributed by atoms with Crippen molar-refractivity contribution in [1.29, 1.82) is 0 Å². The maximum atomic E-state index is 11.2. The maximum absolute atomic E-state index is 11.2. The van der Waals surface area contributed by atoms with Crippen molar-refractivity contribution in [2.24, 2.45) is 0 Å². The van der Waals surface area contributed by atoms with E-state index in [-0.39, 0.29) is 23.4 Å². The molecule has 2 amide bonds. The second kappa shape index (κ2) is 6.95. The van der Waals surface area contributed by atoms with E-state index in [0.717, 1.165) is 5.75 Å². The van der Waals surface area contributed by atoms with Crippen molar-refractivity contribution < 1.29 is 9.90 Å². The molecule has 0 spiro atoms. The summed E-state index contributed by atoms with van der Waals surface area (Å²) in [7, 11) is 0. The summed E-state index contributed by atoms with van der Waals surface area (Å²) in [6, 6.07) is -0.411. The molecule has 0 aliphatic carbocycles. The smallest absolute Gasteiger partial charge is 0.315 e. The predicted octanol–water partition coefficient (Wildman–Crippen LogP) is 1.20. The molecule has 90 valence electrons. The molecule has 0 bridgehead atoms. The highest BCUT2D eigenvalue weighted by atomic mass is 32.2. The minimum absolute atomic E-state index is 0.0375. The first-order valence-electron chi connectivity index (χ1n) is 5.14. The van der Waals surface area contributed by atoms with Crippen molar-refractivity contribution in [3.8, 4) is 0 Å². The predicted molar refractivity (Wildman–Crippen MR) is 65.3 cm³/mol. The summed E-state index contributed by atoms with van der Waals surface area (Å²) in [6.45, 7) is 8.79. The molecular formula is C10H22N2O2S. The lowest BCUT2D eigenvalue weighted by Gasteiger charge is -2.18. The molecule has 0 aromatic carbocycles. The molecular weight excluding hydrogens is 212 g/mol. The molecule has 0 aromatic rings. The summed E-state index contributed by atoms with van der Waals surface area (Å²) in [6.07, 6.45) is 0. The van der Waals surface area contributed by atoms with E-state index in [1.807, 2.05) is 11.8 Å². The first-order chi connectivity index (χ1) is 6.85. The number of urea groups is 1. The highest BCUT2D eigenvalue weighted by Crippen LogP contribution is 2.21. The van der Waals surface area contributed by atoms with Gasteiger partial charge in [0.25, 0.3) is 0 Å². The number of carbonyl (C=O) groups is 1. The molecule has 0 heterocycles. The summed E-state index contributed by atoms with van der Waals surface area (Å²) < 4.78 is 0.233. The molecule has 0 rings (SSSR count). The maximum Gasteiger partial charge on any atom is 0.315 e. The van der Waals surface area contributed by atoms with Gasteiger partial charge in [0.1, 0.15) is 0 Å². The summed E-state index contributed by atoms with van der Waals surface area (Å²) in [5.41, 5.74) is 0. The SMILES string of the molecule is C[C@@H](CO)NC(=O)NCCSC(C)(C)C. The van der Waals surface area contributed by atoms with Crippen LogP contribution in [0.4, 0.5) is 4.79 Å². The van der Waals surface area contributed by atoms with Crippen molar-refractivity contribution >= 4 is 17.8 Å². The van der Waals surface area contributed by atoms with Crippen LogP contribution >= 0.6 is 11.8 Å². The Labute approximate surface area is 96.2 Å². The largest absolute Gasteiger partial charge is 0.394 e. The molecule has 15 heavy (non-hydrogen) atoms. The molecule has 0 aliphatic heterocycles. The molecule has 0 saturated carbocycles. The van der Waals surface area contributed by atoms with Gasteiger partial charge < -0.3 is 15.7 Å². The van der Waals surface area contributed by atoms with Crippen LogP contribution in [0, 0.1) is 0 Å². The molecule has 0 aliphatic rings. The van der Waals surface area contributed by atoms with Gasteiger partial charge in [0.15, 0.2) is 0 Å². The van der Waals surface area contributed by atoms with Crippen LogP contribution in [-0.2, 0) is 0 Å². The molecule has 5 heteroatoms. The molecule has 3 N–H and O–H groups in total. The van der Waals surface area contributed by atoms with Gasteiger partial charge in [0.05, 0.1) is 12.6 Å². The highest BCUT2D eigenvalue weighted by molar-refractivity contribution is 8.00. The number of aliphatic hydroxyl groups is 1. The van der Waals surface area contributed by atoms with E-state index < -0.39 is 0 Å². The quantitative estimate of drug-likeness (QED) is 0.626. The summed E-state index contributed by atoms with van der Waals surface area (Å²) >= 11 is 1.81. The van der Waals surface area contributed by atoms with Crippen LogP contribution in [-0.4, -0.2) is 40.8 Å². The van der Waals surface area contributed by atoms with Gasteiger partial charge in [-0.25, -0.2) is 4.79 Å². The second-order valence-electron chi connectivity index (χ2n) is 4.44. The Morgan fingerprint density at radius 2 is 2.07 bits per heavy atom. The minimum atomic E-state index is -0.217. The first-order valence-corrected chi connectivity index (χ1v) is 6.13. The van der Waals surface area contributed by atoms with Gasteiger partial charge in [-0.2, -0.15) is 11.8 Å². The van der Waals surface area contributed by atoms with Crippen LogP contribution in [0.15, 0.2) is 0 Å². The van der Waals surface area contributed by atoms with Gasteiger partial charge in [-0.05, 0) is 6.92 Å². The summed E-state index contributed by atoms with van der Waals surface area (Å²) in [4.78, 5) is 11.2. The second-order valence-corrected chi connectivity index (χ2v) is 6.37. The standard InChI is InChI=1S/C10H22N2O2S/c1-8(7-13)12-9(14)11-5-6-15-10(2,3)4/h8,13H,5-7H2,1-4H3,(H2,11,12,14)/t8-/m0/s1. The molecule has 0 fully saturated rings. The number of rotatable bonds is 5. The van der Waals surface area contributed by atoms with Crippen molar-refractivity contribution in [3.05, 3.63) is 0 Å². The summed E-state index contributed by atoms with van der Waals surface area (Å²) in [5.74, 6) is 0.893. The van der Waals surface area contributed by atoms with E-state index in [0.29, 0.717) is 6.54 Å². The Kier molecular flexibility index (Phi) is 6.76.